The Balaban J connectivity index is 1.86. The highest BCUT2D eigenvalue weighted by Crippen LogP contribution is 2.33. The van der Waals surface area contributed by atoms with Crippen molar-refractivity contribution in [3.63, 3.8) is 0 Å². The number of aryl methyl sites for hydroxylation is 1. The van der Waals surface area contributed by atoms with Gasteiger partial charge in [-0.15, -0.1) is 0 Å². The standard InChI is InChI=1S/C21H23FN2O5S/c1-13-4-6-14(7-5-13)15-8-9-16-17(18(15)22)12-24(19(16)25)11-10-21(2,20(26)23-27)30(3,28)29/h4-9,27H,10-12H2,1-3H3,(H,23,26). The Bertz CT molecular complexity index is 1110. The molecule has 7 nitrogen and oxygen atoms in total. The summed E-state index contributed by atoms with van der Waals surface area (Å²) in [7, 11) is -3.89. The number of benzene rings is 2. The number of hydrogen-bond donors (Lipinski definition) is 2. The van der Waals surface area contributed by atoms with E-state index in [1.807, 2.05) is 19.1 Å². The van der Waals surface area contributed by atoms with Crippen molar-refractivity contribution >= 4 is 21.7 Å². The van der Waals surface area contributed by atoms with Gasteiger partial charge in [0.15, 0.2) is 14.6 Å². The van der Waals surface area contributed by atoms with Crippen LogP contribution in [0.5, 0.6) is 0 Å². The minimum absolute atomic E-state index is 0.0275. The van der Waals surface area contributed by atoms with Crippen molar-refractivity contribution in [3.8, 4) is 11.1 Å². The molecule has 1 unspecified atom stereocenters. The normalized spacial score (nSPS) is 15.6. The SMILES string of the molecule is Cc1ccc(-c2ccc3c(c2F)CN(CCC(C)(C(=O)NO)S(C)(=O)=O)C3=O)cc1. The van der Waals surface area contributed by atoms with Gasteiger partial charge in [-0.1, -0.05) is 35.9 Å². The Labute approximate surface area is 174 Å². The van der Waals surface area contributed by atoms with Crippen LogP contribution in [0.15, 0.2) is 36.4 Å². The zero-order valence-corrected chi connectivity index (χ0v) is 17.7. The molecular weight excluding hydrogens is 411 g/mol. The quantitative estimate of drug-likeness (QED) is 0.537. The predicted octanol–water partition coefficient (Wildman–Crippen LogP) is 2.46. The third kappa shape index (κ3) is 3.70. The number of nitrogens with one attached hydrogen (secondary N) is 1. The first-order valence-corrected chi connectivity index (χ1v) is 11.2. The first-order chi connectivity index (χ1) is 14.0. The van der Waals surface area contributed by atoms with E-state index in [4.69, 9.17) is 5.21 Å². The molecule has 1 heterocycles. The summed E-state index contributed by atoms with van der Waals surface area (Å²) in [6, 6.07) is 10.5. The minimum Gasteiger partial charge on any atom is -0.334 e. The molecule has 0 aliphatic carbocycles. The van der Waals surface area contributed by atoms with E-state index in [0.717, 1.165) is 11.8 Å². The number of nitrogens with zero attached hydrogens (tertiary/aromatic N) is 1. The molecule has 0 spiro atoms. The number of sulfone groups is 1. The van der Waals surface area contributed by atoms with Crippen LogP contribution in [0, 0.1) is 12.7 Å². The molecule has 1 atom stereocenters. The van der Waals surface area contributed by atoms with E-state index in [0.29, 0.717) is 11.1 Å². The van der Waals surface area contributed by atoms with Crippen LogP contribution in [0.2, 0.25) is 0 Å². The lowest BCUT2D eigenvalue weighted by Gasteiger charge is -2.27. The molecule has 0 saturated carbocycles. The van der Waals surface area contributed by atoms with E-state index in [1.54, 1.807) is 24.3 Å². The summed E-state index contributed by atoms with van der Waals surface area (Å²) in [5.74, 6) is -2.01. The maximum atomic E-state index is 15.2. The highest BCUT2D eigenvalue weighted by Gasteiger charge is 2.44. The van der Waals surface area contributed by atoms with Gasteiger partial charge in [0, 0.05) is 36.0 Å². The molecular formula is C21H23FN2O5S. The zero-order chi connectivity index (χ0) is 22.3. The second-order valence-corrected chi connectivity index (χ2v) is 10.2. The monoisotopic (exact) mass is 434 g/mol. The lowest BCUT2D eigenvalue weighted by molar-refractivity contribution is -0.131. The predicted molar refractivity (Wildman–Crippen MR) is 109 cm³/mol. The minimum atomic E-state index is -3.89. The van der Waals surface area contributed by atoms with Crippen molar-refractivity contribution in [1.29, 1.82) is 0 Å². The molecule has 0 saturated heterocycles. The molecule has 0 fully saturated rings. The molecule has 2 N–H and O–H groups in total. The van der Waals surface area contributed by atoms with Gasteiger partial charge < -0.3 is 4.90 Å². The lowest BCUT2D eigenvalue weighted by atomic mass is 9.99. The first-order valence-electron chi connectivity index (χ1n) is 9.31. The van der Waals surface area contributed by atoms with E-state index in [2.05, 4.69) is 0 Å². The fraction of sp³-hybridized carbons (Fsp3) is 0.333. The Morgan fingerprint density at radius 2 is 1.80 bits per heavy atom. The van der Waals surface area contributed by atoms with Crippen molar-refractivity contribution in [3.05, 3.63) is 58.9 Å². The van der Waals surface area contributed by atoms with Gasteiger partial charge >= 0.3 is 0 Å². The number of amides is 2. The smallest absolute Gasteiger partial charge is 0.264 e. The average Bonchev–Trinajstić information content (AvgIpc) is 3.02. The number of fused-ring (bicyclic) bond motifs is 1. The van der Waals surface area contributed by atoms with E-state index in [1.165, 1.54) is 17.3 Å². The topological polar surface area (TPSA) is 104 Å². The molecule has 2 amide bonds. The summed E-state index contributed by atoms with van der Waals surface area (Å²) in [6.07, 6.45) is 0.640. The van der Waals surface area contributed by atoms with Crippen molar-refractivity contribution in [2.24, 2.45) is 0 Å². The maximum Gasteiger partial charge on any atom is 0.264 e. The molecule has 160 valence electrons. The van der Waals surface area contributed by atoms with Crippen LogP contribution in [-0.4, -0.2) is 47.9 Å². The van der Waals surface area contributed by atoms with Gasteiger partial charge in [-0.3, -0.25) is 14.8 Å². The highest BCUT2D eigenvalue weighted by atomic mass is 32.2. The fourth-order valence-electron chi connectivity index (χ4n) is 3.48. The van der Waals surface area contributed by atoms with E-state index in [9.17, 15) is 18.0 Å². The van der Waals surface area contributed by atoms with E-state index in [-0.39, 0.29) is 30.6 Å². The van der Waals surface area contributed by atoms with Gasteiger partial charge in [0.2, 0.25) is 0 Å². The number of halogens is 1. The van der Waals surface area contributed by atoms with Gasteiger partial charge in [0.1, 0.15) is 5.82 Å². The van der Waals surface area contributed by atoms with Crippen LogP contribution in [-0.2, 0) is 21.2 Å². The van der Waals surface area contributed by atoms with E-state index < -0.39 is 32.2 Å². The fourth-order valence-corrected chi connectivity index (χ4v) is 4.32. The second-order valence-electron chi connectivity index (χ2n) is 7.74. The number of hydrogen-bond acceptors (Lipinski definition) is 5. The molecule has 9 heteroatoms. The number of carbonyl (C=O) groups is 2. The van der Waals surface area contributed by atoms with Crippen LogP contribution in [0.4, 0.5) is 4.39 Å². The third-order valence-electron chi connectivity index (χ3n) is 5.73. The third-order valence-corrected chi connectivity index (χ3v) is 7.76. The Hall–Kier alpha value is -2.78. The zero-order valence-electron chi connectivity index (χ0n) is 16.9. The van der Waals surface area contributed by atoms with Gasteiger partial charge in [-0.2, -0.15) is 0 Å². The molecule has 2 aromatic carbocycles. The van der Waals surface area contributed by atoms with Gasteiger partial charge in [0.05, 0.1) is 0 Å². The largest absolute Gasteiger partial charge is 0.334 e. The van der Waals surface area contributed by atoms with Gasteiger partial charge in [0.25, 0.3) is 11.8 Å². The molecule has 1 aliphatic rings. The van der Waals surface area contributed by atoms with Crippen LogP contribution in [0.3, 0.4) is 0 Å². The Morgan fingerprint density at radius 1 is 1.20 bits per heavy atom. The summed E-state index contributed by atoms with van der Waals surface area (Å²) in [4.78, 5) is 26.0. The molecule has 3 rings (SSSR count). The summed E-state index contributed by atoms with van der Waals surface area (Å²) >= 11 is 0. The highest BCUT2D eigenvalue weighted by molar-refractivity contribution is 7.92. The maximum absolute atomic E-state index is 15.2. The van der Waals surface area contributed by atoms with Crippen LogP contribution in [0.1, 0.15) is 34.8 Å². The summed E-state index contributed by atoms with van der Waals surface area (Å²) in [6.45, 7) is 2.99. The first kappa shape index (κ1) is 21.9. The number of rotatable bonds is 6. The molecule has 2 aromatic rings. The summed E-state index contributed by atoms with van der Waals surface area (Å²) < 4.78 is 37.5. The molecule has 0 radical (unpaired) electrons. The van der Waals surface area contributed by atoms with Crippen molar-refractivity contribution in [2.45, 2.75) is 31.6 Å². The van der Waals surface area contributed by atoms with Crippen molar-refractivity contribution in [2.75, 3.05) is 12.8 Å². The molecule has 0 aromatic heterocycles. The Kier molecular flexibility index (Phi) is 5.70. The molecule has 30 heavy (non-hydrogen) atoms. The van der Waals surface area contributed by atoms with E-state index >= 15 is 4.39 Å². The lowest BCUT2D eigenvalue weighted by Crippen LogP contribution is -2.50. The number of hydroxylamine groups is 1. The molecule has 1 aliphatic heterocycles. The summed E-state index contributed by atoms with van der Waals surface area (Å²) in [5, 5.41) is 8.92. The van der Waals surface area contributed by atoms with Gasteiger partial charge in [-0.05, 0) is 31.9 Å². The van der Waals surface area contributed by atoms with Crippen LogP contribution in [0.25, 0.3) is 11.1 Å². The second kappa shape index (κ2) is 7.81. The van der Waals surface area contributed by atoms with Crippen molar-refractivity contribution < 1.29 is 27.6 Å². The molecule has 0 bridgehead atoms. The van der Waals surface area contributed by atoms with Crippen molar-refractivity contribution in [1.82, 2.24) is 10.4 Å². The average molecular weight is 434 g/mol. The van der Waals surface area contributed by atoms with Gasteiger partial charge in [-0.25, -0.2) is 18.3 Å². The van der Waals surface area contributed by atoms with Crippen LogP contribution >= 0.6 is 0 Å². The number of carbonyl (C=O) groups excluding carboxylic acids is 2. The summed E-state index contributed by atoms with van der Waals surface area (Å²) in [5.41, 5.74) is 3.95. The Morgan fingerprint density at radius 3 is 2.37 bits per heavy atom. The van der Waals surface area contributed by atoms with Crippen LogP contribution < -0.4 is 5.48 Å².